The molecule has 0 spiro atoms. The Hall–Kier alpha value is -1.30. The average Bonchev–Trinajstić information content (AvgIpc) is 2.01. The summed E-state index contributed by atoms with van der Waals surface area (Å²) in [5, 5.41) is 13.4. The van der Waals surface area contributed by atoms with E-state index in [-0.39, 0.29) is 23.7 Å². The van der Waals surface area contributed by atoms with Gasteiger partial charge in [-0.1, -0.05) is 6.92 Å². The molecule has 0 aromatic rings. The molecule has 0 aliphatic carbocycles. The zero-order valence-corrected chi connectivity index (χ0v) is 8.32. The molecule has 1 aliphatic heterocycles. The maximum absolute atomic E-state index is 10.6. The predicted octanol–water partition coefficient (Wildman–Crippen LogP) is 0.383. The Morgan fingerprint density at radius 1 is 1.79 bits per heavy atom. The largest absolute Gasteiger partial charge is 0.380 e. The lowest BCUT2D eigenvalue weighted by Crippen LogP contribution is -2.42. The first-order valence-electron chi connectivity index (χ1n) is 4.58. The summed E-state index contributed by atoms with van der Waals surface area (Å²) in [5.74, 6) is -0.0602. The number of hydrogen-bond acceptors (Lipinski definition) is 5. The standard InChI is InChI=1S/C8H15N3O3/c1-3-14-6-4-5(2)7(11(12)13)8(9)10-6/h5-6,10H,3-4,9H2,1-2H3/t5-,6+/m0/s1. The van der Waals surface area contributed by atoms with Gasteiger partial charge in [0.1, 0.15) is 6.23 Å². The van der Waals surface area contributed by atoms with Crippen molar-refractivity contribution in [2.45, 2.75) is 26.5 Å². The lowest BCUT2D eigenvalue weighted by atomic mass is 10.00. The number of allylic oxidation sites excluding steroid dienone is 1. The topological polar surface area (TPSA) is 90.4 Å². The van der Waals surface area contributed by atoms with Gasteiger partial charge in [0.2, 0.25) is 0 Å². The summed E-state index contributed by atoms with van der Waals surface area (Å²) in [6.07, 6.45) is 0.365. The highest BCUT2D eigenvalue weighted by atomic mass is 16.6. The van der Waals surface area contributed by atoms with E-state index in [2.05, 4.69) is 5.32 Å². The molecule has 0 aromatic carbocycles. The minimum absolute atomic E-state index is 0.0564. The van der Waals surface area contributed by atoms with Crippen molar-refractivity contribution >= 4 is 0 Å². The summed E-state index contributed by atoms with van der Waals surface area (Å²) >= 11 is 0. The Bertz CT molecular complexity index is 265. The minimum atomic E-state index is -0.435. The van der Waals surface area contributed by atoms with Gasteiger partial charge < -0.3 is 15.8 Å². The van der Waals surface area contributed by atoms with Crippen molar-refractivity contribution in [2.24, 2.45) is 11.7 Å². The van der Waals surface area contributed by atoms with Crippen LogP contribution in [0, 0.1) is 16.0 Å². The maximum Gasteiger partial charge on any atom is 0.288 e. The molecule has 0 radical (unpaired) electrons. The maximum atomic E-state index is 10.6. The van der Waals surface area contributed by atoms with Crippen LogP contribution in [0.3, 0.4) is 0 Å². The SMILES string of the molecule is CCO[C@@H]1C[C@H](C)C([N+](=O)[O-])=C(N)N1. The smallest absolute Gasteiger partial charge is 0.288 e. The van der Waals surface area contributed by atoms with Gasteiger partial charge in [-0.15, -0.1) is 0 Å². The number of nitrogens with one attached hydrogen (secondary N) is 1. The molecule has 14 heavy (non-hydrogen) atoms. The second kappa shape index (κ2) is 4.28. The number of nitrogens with two attached hydrogens (primary N) is 1. The number of nitro groups is 1. The van der Waals surface area contributed by atoms with Crippen molar-refractivity contribution in [1.29, 1.82) is 0 Å². The summed E-state index contributed by atoms with van der Waals surface area (Å²) in [4.78, 5) is 10.2. The van der Waals surface area contributed by atoms with Crippen molar-refractivity contribution < 1.29 is 9.66 Å². The van der Waals surface area contributed by atoms with Gasteiger partial charge in [0.25, 0.3) is 5.70 Å². The zero-order valence-electron chi connectivity index (χ0n) is 8.32. The van der Waals surface area contributed by atoms with E-state index < -0.39 is 4.92 Å². The summed E-state index contributed by atoms with van der Waals surface area (Å²) in [5.41, 5.74) is 5.59. The van der Waals surface area contributed by atoms with Crippen LogP contribution in [0.1, 0.15) is 20.3 Å². The van der Waals surface area contributed by atoms with Gasteiger partial charge in [0, 0.05) is 13.0 Å². The third-order valence-electron chi connectivity index (χ3n) is 2.19. The summed E-state index contributed by atoms with van der Waals surface area (Å²) in [6, 6.07) is 0. The lowest BCUT2D eigenvalue weighted by Gasteiger charge is -2.27. The highest BCUT2D eigenvalue weighted by molar-refractivity contribution is 5.09. The van der Waals surface area contributed by atoms with Crippen molar-refractivity contribution in [3.8, 4) is 0 Å². The van der Waals surface area contributed by atoms with Gasteiger partial charge in [-0.2, -0.15) is 0 Å². The normalized spacial score (nSPS) is 27.3. The fourth-order valence-electron chi connectivity index (χ4n) is 1.59. The zero-order chi connectivity index (χ0) is 10.7. The number of rotatable bonds is 3. The molecule has 1 heterocycles. The molecule has 0 saturated heterocycles. The van der Waals surface area contributed by atoms with Crippen molar-refractivity contribution in [3.63, 3.8) is 0 Å². The van der Waals surface area contributed by atoms with E-state index in [1.165, 1.54) is 0 Å². The van der Waals surface area contributed by atoms with Crippen LogP contribution in [0.25, 0.3) is 0 Å². The molecule has 0 saturated carbocycles. The Balaban J connectivity index is 2.78. The molecule has 0 amide bonds. The van der Waals surface area contributed by atoms with Gasteiger partial charge in [-0.3, -0.25) is 10.1 Å². The van der Waals surface area contributed by atoms with E-state index in [9.17, 15) is 10.1 Å². The van der Waals surface area contributed by atoms with Crippen LogP contribution in [0.15, 0.2) is 11.5 Å². The quantitative estimate of drug-likeness (QED) is 0.509. The molecule has 0 unspecified atom stereocenters. The average molecular weight is 201 g/mol. The van der Waals surface area contributed by atoms with Crippen LogP contribution in [0.2, 0.25) is 0 Å². The fraction of sp³-hybridized carbons (Fsp3) is 0.750. The van der Waals surface area contributed by atoms with E-state index in [0.29, 0.717) is 13.0 Å². The first-order chi connectivity index (χ1) is 6.56. The van der Waals surface area contributed by atoms with Gasteiger partial charge in [-0.25, -0.2) is 0 Å². The molecule has 6 nitrogen and oxygen atoms in total. The van der Waals surface area contributed by atoms with Crippen molar-refractivity contribution in [3.05, 3.63) is 21.6 Å². The first-order valence-corrected chi connectivity index (χ1v) is 4.58. The van der Waals surface area contributed by atoms with Gasteiger partial charge in [0.15, 0.2) is 5.82 Å². The molecular formula is C8H15N3O3. The molecule has 0 fully saturated rings. The minimum Gasteiger partial charge on any atom is -0.380 e. The van der Waals surface area contributed by atoms with Crippen LogP contribution < -0.4 is 11.1 Å². The molecule has 2 atom stereocenters. The third-order valence-corrected chi connectivity index (χ3v) is 2.19. The summed E-state index contributed by atoms with van der Waals surface area (Å²) in [7, 11) is 0. The van der Waals surface area contributed by atoms with E-state index in [0.717, 1.165) is 0 Å². The van der Waals surface area contributed by atoms with Crippen LogP contribution in [0.4, 0.5) is 0 Å². The Kier molecular flexibility index (Phi) is 3.29. The Morgan fingerprint density at radius 3 is 2.86 bits per heavy atom. The first kappa shape index (κ1) is 10.8. The lowest BCUT2D eigenvalue weighted by molar-refractivity contribution is -0.437. The van der Waals surface area contributed by atoms with Gasteiger partial charge >= 0.3 is 0 Å². The Labute approximate surface area is 82.3 Å². The second-order valence-corrected chi connectivity index (χ2v) is 3.28. The van der Waals surface area contributed by atoms with Gasteiger partial charge in [0.05, 0.1) is 10.8 Å². The number of hydrogen-bond donors (Lipinski definition) is 2. The molecule has 0 aromatic heterocycles. The molecule has 1 aliphatic rings. The third kappa shape index (κ3) is 2.14. The predicted molar refractivity (Wildman–Crippen MR) is 50.5 cm³/mol. The van der Waals surface area contributed by atoms with Gasteiger partial charge in [-0.05, 0) is 6.92 Å². The van der Waals surface area contributed by atoms with Crippen LogP contribution in [-0.2, 0) is 4.74 Å². The molecule has 6 heteroatoms. The molecule has 80 valence electrons. The van der Waals surface area contributed by atoms with Crippen molar-refractivity contribution in [1.82, 2.24) is 5.32 Å². The van der Waals surface area contributed by atoms with E-state index >= 15 is 0 Å². The van der Waals surface area contributed by atoms with Crippen LogP contribution in [-0.4, -0.2) is 17.8 Å². The molecular weight excluding hydrogens is 186 g/mol. The molecule has 0 bridgehead atoms. The number of ether oxygens (including phenoxy) is 1. The van der Waals surface area contributed by atoms with Crippen molar-refractivity contribution in [2.75, 3.05) is 6.61 Å². The summed E-state index contributed by atoms with van der Waals surface area (Å²) in [6.45, 7) is 4.21. The van der Waals surface area contributed by atoms with E-state index in [1.807, 2.05) is 6.92 Å². The highest BCUT2D eigenvalue weighted by Gasteiger charge is 2.33. The number of nitrogens with zero attached hydrogens (tertiary/aromatic N) is 1. The Morgan fingerprint density at radius 2 is 2.43 bits per heavy atom. The molecule has 3 N–H and O–H groups in total. The fourth-order valence-corrected chi connectivity index (χ4v) is 1.59. The van der Waals surface area contributed by atoms with E-state index in [4.69, 9.17) is 10.5 Å². The summed E-state index contributed by atoms with van der Waals surface area (Å²) < 4.78 is 5.30. The van der Waals surface area contributed by atoms with Crippen LogP contribution in [0.5, 0.6) is 0 Å². The van der Waals surface area contributed by atoms with Crippen LogP contribution >= 0.6 is 0 Å². The highest BCUT2D eigenvalue weighted by Crippen LogP contribution is 2.23. The molecule has 1 rings (SSSR count). The monoisotopic (exact) mass is 201 g/mol. The second-order valence-electron chi connectivity index (χ2n) is 3.28. The van der Waals surface area contributed by atoms with E-state index in [1.54, 1.807) is 6.92 Å².